The van der Waals surface area contributed by atoms with E-state index >= 15 is 0 Å². The van der Waals surface area contributed by atoms with Crippen LogP contribution in [0.4, 0.5) is 5.69 Å². The summed E-state index contributed by atoms with van der Waals surface area (Å²) in [5.41, 5.74) is 3.48. The number of likely N-dealkylation sites (tertiary alicyclic amines) is 1. The minimum absolute atomic E-state index is 0.226. The van der Waals surface area contributed by atoms with Crippen LogP contribution in [-0.4, -0.2) is 42.3 Å². The van der Waals surface area contributed by atoms with Crippen LogP contribution in [0.5, 0.6) is 5.75 Å². The van der Waals surface area contributed by atoms with Crippen LogP contribution in [0.1, 0.15) is 30.1 Å². The van der Waals surface area contributed by atoms with E-state index in [-0.39, 0.29) is 12.1 Å². The third kappa shape index (κ3) is 3.24. The van der Waals surface area contributed by atoms with Gasteiger partial charge in [0.1, 0.15) is 5.75 Å². The van der Waals surface area contributed by atoms with Crippen molar-refractivity contribution in [2.24, 2.45) is 0 Å². The number of para-hydroxylation sites is 2. The monoisotopic (exact) mass is 338 g/mol. The minimum Gasteiger partial charge on any atom is -0.495 e. The van der Waals surface area contributed by atoms with Crippen molar-refractivity contribution in [2.45, 2.75) is 37.5 Å². The second kappa shape index (κ2) is 7.06. The van der Waals surface area contributed by atoms with Crippen molar-refractivity contribution >= 4 is 5.69 Å². The van der Waals surface area contributed by atoms with Gasteiger partial charge in [0.25, 0.3) is 0 Å². The largest absolute Gasteiger partial charge is 0.495 e. The molecule has 1 aliphatic heterocycles. The normalized spacial score (nSPS) is 24.1. The van der Waals surface area contributed by atoms with E-state index < -0.39 is 0 Å². The van der Waals surface area contributed by atoms with Crippen molar-refractivity contribution in [1.29, 1.82) is 0 Å². The van der Waals surface area contributed by atoms with E-state index in [4.69, 9.17) is 4.74 Å². The maximum Gasteiger partial charge on any atom is 0.141 e. The summed E-state index contributed by atoms with van der Waals surface area (Å²) in [6.45, 7) is 2.03. The summed E-state index contributed by atoms with van der Waals surface area (Å²) >= 11 is 0. The zero-order valence-electron chi connectivity index (χ0n) is 14.7. The number of rotatable bonds is 4. The molecule has 4 nitrogen and oxygen atoms in total. The first-order valence-corrected chi connectivity index (χ1v) is 9.15. The molecular formula is C21H26N2O2. The number of anilines is 1. The molecule has 0 saturated carbocycles. The maximum atomic E-state index is 10.7. The molecule has 0 bridgehead atoms. The van der Waals surface area contributed by atoms with Gasteiger partial charge < -0.3 is 15.2 Å². The topological polar surface area (TPSA) is 44.7 Å². The Bertz CT molecular complexity index is 725. The van der Waals surface area contributed by atoms with Crippen LogP contribution >= 0.6 is 0 Å². The summed E-state index contributed by atoms with van der Waals surface area (Å²) in [4.78, 5) is 2.46. The molecule has 1 aliphatic carbocycles. The number of nitrogens with zero attached hydrogens (tertiary/aromatic N) is 1. The first kappa shape index (κ1) is 16.4. The molecule has 0 unspecified atom stereocenters. The number of ether oxygens (including phenoxy) is 1. The van der Waals surface area contributed by atoms with Gasteiger partial charge in [-0.2, -0.15) is 0 Å². The van der Waals surface area contributed by atoms with Gasteiger partial charge in [-0.25, -0.2) is 0 Å². The van der Waals surface area contributed by atoms with Gasteiger partial charge in [0, 0.05) is 25.2 Å². The van der Waals surface area contributed by atoms with Gasteiger partial charge in [-0.05, 0) is 42.5 Å². The van der Waals surface area contributed by atoms with Crippen molar-refractivity contribution < 1.29 is 9.84 Å². The molecule has 1 heterocycles. The lowest BCUT2D eigenvalue weighted by molar-refractivity contribution is 0.0474. The molecule has 4 heteroatoms. The second-order valence-corrected chi connectivity index (χ2v) is 7.07. The molecule has 1 saturated heterocycles. The average molecular weight is 338 g/mol. The molecule has 2 aromatic rings. The van der Waals surface area contributed by atoms with Crippen LogP contribution < -0.4 is 10.1 Å². The zero-order chi connectivity index (χ0) is 17.2. The molecule has 25 heavy (non-hydrogen) atoms. The summed E-state index contributed by atoms with van der Waals surface area (Å²) in [5, 5.41) is 14.3. The predicted octanol–water partition coefficient (Wildman–Crippen LogP) is 3.23. The number of aliphatic hydroxyl groups is 1. The fraction of sp³-hybridized carbons (Fsp3) is 0.429. The van der Waals surface area contributed by atoms with E-state index in [1.807, 2.05) is 24.3 Å². The van der Waals surface area contributed by atoms with Crippen molar-refractivity contribution in [3.8, 4) is 5.75 Å². The Kier molecular flexibility index (Phi) is 4.64. The van der Waals surface area contributed by atoms with Gasteiger partial charge >= 0.3 is 0 Å². The number of piperidine rings is 1. The molecule has 0 amide bonds. The highest BCUT2D eigenvalue weighted by molar-refractivity contribution is 5.56. The van der Waals surface area contributed by atoms with E-state index in [1.54, 1.807) is 7.11 Å². The van der Waals surface area contributed by atoms with Crippen LogP contribution in [0.25, 0.3) is 0 Å². The molecule has 2 N–H and O–H groups in total. The number of aliphatic hydroxyl groups excluding tert-OH is 1. The van der Waals surface area contributed by atoms with E-state index in [0.29, 0.717) is 6.04 Å². The van der Waals surface area contributed by atoms with Gasteiger partial charge in [0.2, 0.25) is 0 Å². The maximum absolute atomic E-state index is 10.7. The highest BCUT2D eigenvalue weighted by atomic mass is 16.5. The molecule has 2 aromatic carbocycles. The lowest BCUT2D eigenvalue weighted by Gasteiger charge is -2.38. The average Bonchev–Trinajstić information content (AvgIpc) is 3.00. The lowest BCUT2D eigenvalue weighted by Crippen LogP contribution is -2.46. The summed E-state index contributed by atoms with van der Waals surface area (Å²) < 4.78 is 5.43. The minimum atomic E-state index is -0.352. The Morgan fingerprint density at radius 2 is 1.76 bits per heavy atom. The fourth-order valence-electron chi connectivity index (χ4n) is 4.24. The highest BCUT2D eigenvalue weighted by Crippen LogP contribution is 2.36. The second-order valence-electron chi connectivity index (χ2n) is 7.07. The van der Waals surface area contributed by atoms with Gasteiger partial charge in [-0.15, -0.1) is 0 Å². The third-order valence-electron chi connectivity index (χ3n) is 5.63. The van der Waals surface area contributed by atoms with Crippen molar-refractivity contribution in [3.63, 3.8) is 0 Å². The van der Waals surface area contributed by atoms with Gasteiger partial charge in [0.15, 0.2) is 0 Å². The molecular weight excluding hydrogens is 312 g/mol. The summed E-state index contributed by atoms with van der Waals surface area (Å²) in [6.07, 6.45) is 2.77. The zero-order valence-corrected chi connectivity index (χ0v) is 14.7. The Morgan fingerprint density at radius 3 is 2.52 bits per heavy atom. The molecule has 4 rings (SSSR count). The van der Waals surface area contributed by atoms with E-state index in [1.165, 1.54) is 5.56 Å². The quantitative estimate of drug-likeness (QED) is 0.898. The van der Waals surface area contributed by atoms with Crippen molar-refractivity contribution in [3.05, 3.63) is 59.7 Å². The van der Waals surface area contributed by atoms with Gasteiger partial charge in [-0.3, -0.25) is 4.90 Å². The summed E-state index contributed by atoms with van der Waals surface area (Å²) in [5.74, 6) is 0.895. The lowest BCUT2D eigenvalue weighted by atomic mass is 10.0. The number of hydrogen-bond acceptors (Lipinski definition) is 4. The number of hydrogen-bond donors (Lipinski definition) is 2. The Morgan fingerprint density at radius 1 is 1.04 bits per heavy atom. The number of methoxy groups -OCH3 is 1. The third-order valence-corrected chi connectivity index (χ3v) is 5.63. The van der Waals surface area contributed by atoms with Crippen LogP contribution in [0.3, 0.4) is 0 Å². The fourth-order valence-corrected chi connectivity index (χ4v) is 4.24. The number of fused-ring (bicyclic) bond motifs is 1. The summed E-state index contributed by atoms with van der Waals surface area (Å²) in [7, 11) is 1.71. The highest BCUT2D eigenvalue weighted by Gasteiger charge is 2.36. The number of nitrogens with one attached hydrogen (secondary N) is 1. The van der Waals surface area contributed by atoms with E-state index in [9.17, 15) is 5.11 Å². The molecule has 0 aromatic heterocycles. The Hall–Kier alpha value is -2.04. The van der Waals surface area contributed by atoms with E-state index in [2.05, 4.69) is 34.5 Å². The van der Waals surface area contributed by atoms with Gasteiger partial charge in [-0.1, -0.05) is 36.4 Å². The first-order valence-electron chi connectivity index (χ1n) is 9.15. The predicted molar refractivity (Wildman–Crippen MR) is 100 cm³/mol. The van der Waals surface area contributed by atoms with Crippen molar-refractivity contribution in [1.82, 2.24) is 4.90 Å². The smallest absolute Gasteiger partial charge is 0.141 e. The van der Waals surface area contributed by atoms with Crippen LogP contribution in [0.2, 0.25) is 0 Å². The van der Waals surface area contributed by atoms with Gasteiger partial charge in [0.05, 0.1) is 18.9 Å². The van der Waals surface area contributed by atoms with Crippen LogP contribution in [0.15, 0.2) is 48.5 Å². The molecule has 2 atom stereocenters. The Balaban J connectivity index is 1.36. The van der Waals surface area contributed by atoms with Crippen molar-refractivity contribution in [2.75, 3.05) is 25.5 Å². The van der Waals surface area contributed by atoms with Crippen LogP contribution in [-0.2, 0) is 6.42 Å². The first-order chi connectivity index (χ1) is 12.3. The molecule has 0 radical (unpaired) electrons. The molecule has 1 fully saturated rings. The SMILES string of the molecule is COc1ccccc1NC1CCN([C@H]2Cc3ccccc3[C@@H]2O)CC1. The van der Waals surface area contributed by atoms with E-state index in [0.717, 1.165) is 49.4 Å². The molecule has 2 aliphatic rings. The van der Waals surface area contributed by atoms with Crippen LogP contribution in [0, 0.1) is 0 Å². The standard InChI is InChI=1S/C21H26N2O2/c1-25-20-9-5-4-8-18(20)22-16-10-12-23(13-11-16)19-14-15-6-2-3-7-17(15)21(19)24/h2-9,16,19,21-22,24H,10-14H2,1H3/t19-,21-/m0/s1. The number of benzene rings is 2. The Labute approximate surface area is 149 Å². The molecule has 132 valence electrons. The molecule has 0 spiro atoms. The summed E-state index contributed by atoms with van der Waals surface area (Å²) in [6, 6.07) is 17.1.